The number of hydrogen-bond acceptors (Lipinski definition) is 5. The maximum Gasteiger partial charge on any atom is 0.259 e. The SMILES string of the molecule is COc1ccc(-c2cc(C)c3c(c2)CN(c2cn[nH]c2)C3=O)nc1OC. The highest BCUT2D eigenvalue weighted by Crippen LogP contribution is 2.35. The van der Waals surface area contributed by atoms with Gasteiger partial charge in [-0.25, -0.2) is 4.98 Å². The molecule has 1 amide bonds. The molecule has 26 heavy (non-hydrogen) atoms. The fourth-order valence-corrected chi connectivity index (χ4v) is 3.31. The van der Waals surface area contributed by atoms with E-state index in [2.05, 4.69) is 15.2 Å². The number of aromatic nitrogens is 3. The molecule has 3 heterocycles. The Labute approximate surface area is 150 Å². The minimum atomic E-state index is -0.00859. The smallest absolute Gasteiger partial charge is 0.259 e. The Morgan fingerprint density at radius 3 is 2.73 bits per heavy atom. The van der Waals surface area contributed by atoms with Crippen LogP contribution < -0.4 is 14.4 Å². The number of methoxy groups -OCH3 is 2. The summed E-state index contributed by atoms with van der Waals surface area (Å²) in [6.07, 6.45) is 3.37. The van der Waals surface area contributed by atoms with E-state index in [1.54, 1.807) is 31.5 Å². The Balaban J connectivity index is 1.76. The van der Waals surface area contributed by atoms with Crippen molar-refractivity contribution in [1.82, 2.24) is 15.2 Å². The molecule has 1 aliphatic rings. The summed E-state index contributed by atoms with van der Waals surface area (Å²) in [6, 6.07) is 7.69. The van der Waals surface area contributed by atoms with Crippen LogP contribution in [-0.2, 0) is 6.54 Å². The average Bonchev–Trinajstić information content (AvgIpc) is 3.29. The maximum absolute atomic E-state index is 12.8. The lowest BCUT2D eigenvalue weighted by atomic mass is 9.98. The zero-order valence-corrected chi connectivity index (χ0v) is 14.7. The molecule has 0 radical (unpaired) electrons. The normalized spacial score (nSPS) is 13.0. The Hall–Kier alpha value is -3.35. The van der Waals surface area contributed by atoms with Crippen molar-refractivity contribution in [3.05, 3.63) is 53.3 Å². The lowest BCUT2D eigenvalue weighted by Gasteiger charge is -2.12. The number of ether oxygens (including phenoxy) is 2. The van der Waals surface area contributed by atoms with Crippen LogP contribution in [0.4, 0.5) is 5.69 Å². The van der Waals surface area contributed by atoms with Crippen LogP contribution in [0, 0.1) is 6.92 Å². The summed E-state index contributed by atoms with van der Waals surface area (Å²) < 4.78 is 10.5. The van der Waals surface area contributed by atoms with Crippen molar-refractivity contribution >= 4 is 11.6 Å². The number of carbonyl (C=O) groups is 1. The predicted molar refractivity (Wildman–Crippen MR) is 96.6 cm³/mol. The number of rotatable bonds is 4. The number of anilines is 1. The van der Waals surface area contributed by atoms with Gasteiger partial charge in [-0.3, -0.25) is 9.89 Å². The van der Waals surface area contributed by atoms with E-state index in [0.717, 1.165) is 33.6 Å². The van der Waals surface area contributed by atoms with Crippen LogP contribution in [0.3, 0.4) is 0 Å². The van der Waals surface area contributed by atoms with Gasteiger partial charge in [0.2, 0.25) is 0 Å². The molecule has 1 aliphatic heterocycles. The first-order chi connectivity index (χ1) is 12.6. The van der Waals surface area contributed by atoms with E-state index in [1.807, 2.05) is 31.2 Å². The number of H-pyrrole nitrogens is 1. The van der Waals surface area contributed by atoms with Crippen molar-refractivity contribution in [2.45, 2.75) is 13.5 Å². The third-order valence-corrected chi connectivity index (χ3v) is 4.53. The third-order valence-electron chi connectivity index (χ3n) is 4.53. The molecule has 7 nitrogen and oxygen atoms in total. The molecule has 0 atom stereocenters. The monoisotopic (exact) mass is 350 g/mol. The molecule has 3 aromatic rings. The number of carbonyl (C=O) groups excluding carboxylic acids is 1. The fraction of sp³-hybridized carbons (Fsp3) is 0.211. The molecular formula is C19H18N4O3. The Kier molecular flexibility index (Phi) is 3.84. The summed E-state index contributed by atoms with van der Waals surface area (Å²) in [5.41, 5.74) is 5.10. The second kappa shape index (κ2) is 6.18. The van der Waals surface area contributed by atoms with Crippen molar-refractivity contribution in [1.29, 1.82) is 0 Å². The quantitative estimate of drug-likeness (QED) is 0.782. The fourth-order valence-electron chi connectivity index (χ4n) is 3.31. The first kappa shape index (κ1) is 16.1. The minimum Gasteiger partial charge on any atom is -0.491 e. The van der Waals surface area contributed by atoms with Gasteiger partial charge in [0.25, 0.3) is 11.8 Å². The van der Waals surface area contributed by atoms with Gasteiger partial charge in [-0.05, 0) is 42.3 Å². The van der Waals surface area contributed by atoms with Gasteiger partial charge in [0.05, 0.1) is 38.3 Å². The van der Waals surface area contributed by atoms with E-state index in [0.29, 0.717) is 18.2 Å². The number of benzene rings is 1. The predicted octanol–water partition coefficient (Wildman–Crippen LogP) is 2.96. The number of aromatic amines is 1. The van der Waals surface area contributed by atoms with Crippen molar-refractivity contribution in [2.24, 2.45) is 0 Å². The van der Waals surface area contributed by atoms with Crippen molar-refractivity contribution in [3.8, 4) is 22.9 Å². The van der Waals surface area contributed by atoms with Gasteiger partial charge in [0, 0.05) is 17.3 Å². The van der Waals surface area contributed by atoms with Gasteiger partial charge in [0.1, 0.15) is 0 Å². The summed E-state index contributed by atoms with van der Waals surface area (Å²) >= 11 is 0. The topological polar surface area (TPSA) is 80.3 Å². The Morgan fingerprint density at radius 2 is 2.04 bits per heavy atom. The first-order valence-corrected chi connectivity index (χ1v) is 8.16. The van der Waals surface area contributed by atoms with Crippen molar-refractivity contribution < 1.29 is 14.3 Å². The third kappa shape index (κ3) is 2.48. The summed E-state index contributed by atoms with van der Waals surface area (Å²) in [7, 11) is 3.14. The molecule has 0 aliphatic carbocycles. The zero-order valence-electron chi connectivity index (χ0n) is 14.7. The van der Waals surface area contributed by atoms with Crippen LogP contribution in [-0.4, -0.2) is 35.3 Å². The van der Waals surface area contributed by atoms with Crippen LogP contribution in [0.5, 0.6) is 11.6 Å². The molecule has 1 N–H and O–H groups in total. The van der Waals surface area contributed by atoms with E-state index in [4.69, 9.17) is 9.47 Å². The van der Waals surface area contributed by atoms with Crippen LogP contribution in [0.25, 0.3) is 11.3 Å². The van der Waals surface area contributed by atoms with E-state index in [-0.39, 0.29) is 5.91 Å². The molecule has 0 saturated carbocycles. The van der Waals surface area contributed by atoms with Crippen LogP contribution in [0.15, 0.2) is 36.7 Å². The number of fused-ring (bicyclic) bond motifs is 1. The molecule has 1 aromatic carbocycles. The molecule has 7 heteroatoms. The number of nitrogens with one attached hydrogen (secondary N) is 1. The first-order valence-electron chi connectivity index (χ1n) is 8.16. The van der Waals surface area contributed by atoms with E-state index in [9.17, 15) is 4.79 Å². The van der Waals surface area contributed by atoms with Crippen molar-refractivity contribution in [3.63, 3.8) is 0 Å². The van der Waals surface area contributed by atoms with Gasteiger partial charge in [-0.15, -0.1) is 0 Å². The molecule has 0 unspecified atom stereocenters. The molecule has 0 spiro atoms. The van der Waals surface area contributed by atoms with Gasteiger partial charge in [-0.1, -0.05) is 0 Å². The summed E-state index contributed by atoms with van der Waals surface area (Å²) in [6.45, 7) is 2.45. The van der Waals surface area contributed by atoms with Crippen LogP contribution in [0.2, 0.25) is 0 Å². The highest BCUT2D eigenvalue weighted by molar-refractivity contribution is 6.11. The van der Waals surface area contributed by atoms with Crippen molar-refractivity contribution in [2.75, 3.05) is 19.1 Å². The number of hydrogen-bond donors (Lipinski definition) is 1. The molecule has 0 fully saturated rings. The largest absolute Gasteiger partial charge is 0.491 e. The number of nitrogens with zero attached hydrogens (tertiary/aromatic N) is 3. The highest BCUT2D eigenvalue weighted by Gasteiger charge is 2.31. The van der Waals surface area contributed by atoms with Crippen LogP contribution >= 0.6 is 0 Å². The molecule has 4 rings (SSSR count). The zero-order chi connectivity index (χ0) is 18.3. The molecular weight excluding hydrogens is 332 g/mol. The van der Waals surface area contributed by atoms with Gasteiger partial charge >= 0.3 is 0 Å². The van der Waals surface area contributed by atoms with Crippen LogP contribution in [0.1, 0.15) is 21.5 Å². The average molecular weight is 350 g/mol. The van der Waals surface area contributed by atoms with E-state index < -0.39 is 0 Å². The standard InChI is InChI=1S/C19H18N4O3/c1-11-6-12(15-4-5-16(25-2)18(22-15)26-3)7-13-10-23(19(24)17(11)13)14-8-20-21-9-14/h4-9H,10H2,1-3H3,(H,20,21). The molecule has 0 saturated heterocycles. The second-order valence-electron chi connectivity index (χ2n) is 6.08. The number of amides is 1. The highest BCUT2D eigenvalue weighted by atomic mass is 16.5. The minimum absolute atomic E-state index is 0.00859. The molecule has 132 valence electrons. The van der Waals surface area contributed by atoms with Gasteiger partial charge < -0.3 is 14.4 Å². The van der Waals surface area contributed by atoms with Gasteiger partial charge in [0.15, 0.2) is 5.75 Å². The lowest BCUT2D eigenvalue weighted by Crippen LogP contribution is -2.22. The summed E-state index contributed by atoms with van der Waals surface area (Å²) in [5.74, 6) is 1.00. The van der Waals surface area contributed by atoms with Gasteiger partial charge in [-0.2, -0.15) is 5.10 Å². The summed E-state index contributed by atoms with van der Waals surface area (Å²) in [5, 5.41) is 6.68. The van der Waals surface area contributed by atoms with E-state index >= 15 is 0 Å². The second-order valence-corrected chi connectivity index (χ2v) is 6.08. The Bertz CT molecular complexity index is 983. The number of aryl methyl sites for hydroxylation is 1. The Morgan fingerprint density at radius 1 is 1.19 bits per heavy atom. The maximum atomic E-state index is 12.8. The van der Waals surface area contributed by atoms with E-state index in [1.165, 1.54) is 0 Å². The summed E-state index contributed by atoms with van der Waals surface area (Å²) in [4.78, 5) is 19.0. The number of pyridine rings is 1. The molecule has 2 aromatic heterocycles. The lowest BCUT2D eigenvalue weighted by molar-refractivity contribution is 0.0996. The molecule has 0 bridgehead atoms.